The van der Waals surface area contributed by atoms with Crippen LogP contribution >= 0.6 is 0 Å². The van der Waals surface area contributed by atoms with Crippen LogP contribution in [0.5, 0.6) is 11.5 Å². The van der Waals surface area contributed by atoms with Crippen LogP contribution in [0.4, 0.5) is 4.39 Å². The maximum Gasteiger partial charge on any atom is 0.127 e. The zero-order valence-corrected chi connectivity index (χ0v) is 11.5. The third-order valence-corrected chi connectivity index (χ3v) is 4.20. The monoisotopic (exact) mass is 285 g/mol. The summed E-state index contributed by atoms with van der Waals surface area (Å²) in [4.78, 5) is 0. The molecular formula is C17H16FNO2. The van der Waals surface area contributed by atoms with Crippen LogP contribution in [0.1, 0.15) is 35.3 Å². The molecular weight excluding hydrogens is 269 g/mol. The quantitative estimate of drug-likeness (QED) is 0.874. The highest BCUT2D eigenvalue weighted by atomic mass is 19.1. The molecule has 2 heterocycles. The van der Waals surface area contributed by atoms with Gasteiger partial charge in [-0.15, -0.1) is 0 Å². The normalized spacial score (nSPS) is 23.0. The standard InChI is InChI=1S/C17H16FNO2/c18-12-2-3-13-14(19)9-16(21-17(13)8-12)10-1-4-15-11(7-10)5-6-20-15/h1-4,7-8,14,16H,5-6,9,19H2/t14-,16?/m0/s1. The molecule has 0 spiro atoms. The molecule has 3 nitrogen and oxygen atoms in total. The van der Waals surface area contributed by atoms with Gasteiger partial charge in [0, 0.05) is 30.5 Å². The van der Waals surface area contributed by atoms with Crippen molar-refractivity contribution in [2.45, 2.75) is 25.0 Å². The molecule has 2 N–H and O–H groups in total. The molecule has 0 aromatic heterocycles. The third-order valence-electron chi connectivity index (χ3n) is 4.20. The van der Waals surface area contributed by atoms with Crippen molar-refractivity contribution in [1.29, 1.82) is 0 Å². The first-order valence-corrected chi connectivity index (χ1v) is 7.18. The molecule has 0 bridgehead atoms. The molecule has 4 rings (SSSR count). The van der Waals surface area contributed by atoms with Crippen LogP contribution in [0.2, 0.25) is 0 Å². The van der Waals surface area contributed by atoms with Crippen LogP contribution in [0.3, 0.4) is 0 Å². The van der Waals surface area contributed by atoms with Crippen LogP contribution < -0.4 is 15.2 Å². The summed E-state index contributed by atoms with van der Waals surface area (Å²) in [5.41, 5.74) is 9.36. The average molecular weight is 285 g/mol. The second kappa shape index (κ2) is 4.74. The summed E-state index contributed by atoms with van der Waals surface area (Å²) < 4.78 is 24.9. The first-order chi connectivity index (χ1) is 10.2. The number of rotatable bonds is 1. The number of fused-ring (bicyclic) bond motifs is 2. The predicted octanol–water partition coefficient (Wildman–Crippen LogP) is 3.28. The third kappa shape index (κ3) is 2.16. The summed E-state index contributed by atoms with van der Waals surface area (Å²) in [6.45, 7) is 0.734. The van der Waals surface area contributed by atoms with E-state index < -0.39 is 0 Å². The molecule has 2 aromatic carbocycles. The molecule has 0 radical (unpaired) electrons. The molecule has 2 aliphatic heterocycles. The van der Waals surface area contributed by atoms with Crippen molar-refractivity contribution < 1.29 is 13.9 Å². The Hall–Kier alpha value is -2.07. The molecule has 1 unspecified atom stereocenters. The fourth-order valence-corrected chi connectivity index (χ4v) is 3.09. The first kappa shape index (κ1) is 12.7. The minimum atomic E-state index is -0.302. The highest BCUT2D eigenvalue weighted by Gasteiger charge is 2.28. The molecule has 0 fully saturated rings. The lowest BCUT2D eigenvalue weighted by Gasteiger charge is -2.30. The minimum Gasteiger partial charge on any atom is -0.493 e. The Bertz CT molecular complexity index is 701. The summed E-state index contributed by atoms with van der Waals surface area (Å²) in [5.74, 6) is 1.20. The number of hydrogen-bond donors (Lipinski definition) is 1. The van der Waals surface area contributed by atoms with Gasteiger partial charge in [0.05, 0.1) is 6.61 Å². The van der Waals surface area contributed by atoms with E-state index in [0.717, 1.165) is 29.9 Å². The Morgan fingerprint density at radius 3 is 2.90 bits per heavy atom. The highest BCUT2D eigenvalue weighted by Crippen LogP contribution is 2.41. The summed E-state index contributed by atoms with van der Waals surface area (Å²) >= 11 is 0. The van der Waals surface area contributed by atoms with E-state index in [4.69, 9.17) is 15.2 Å². The summed E-state index contributed by atoms with van der Waals surface area (Å²) in [6.07, 6.45) is 1.48. The number of benzene rings is 2. The van der Waals surface area contributed by atoms with Gasteiger partial charge >= 0.3 is 0 Å². The summed E-state index contributed by atoms with van der Waals surface area (Å²) in [5, 5.41) is 0. The Balaban J connectivity index is 1.68. The topological polar surface area (TPSA) is 44.5 Å². The fraction of sp³-hybridized carbons (Fsp3) is 0.294. The predicted molar refractivity (Wildman–Crippen MR) is 77.0 cm³/mol. The second-order valence-electron chi connectivity index (χ2n) is 5.60. The Morgan fingerprint density at radius 1 is 1.10 bits per heavy atom. The van der Waals surface area contributed by atoms with Crippen LogP contribution in [0.25, 0.3) is 0 Å². The number of halogens is 1. The number of hydrogen-bond acceptors (Lipinski definition) is 3. The van der Waals surface area contributed by atoms with Gasteiger partial charge < -0.3 is 15.2 Å². The molecule has 2 aromatic rings. The van der Waals surface area contributed by atoms with Gasteiger partial charge in [-0.3, -0.25) is 0 Å². The smallest absolute Gasteiger partial charge is 0.127 e. The van der Waals surface area contributed by atoms with E-state index in [9.17, 15) is 4.39 Å². The SMILES string of the molecule is N[C@H]1CC(c2ccc3c(c2)CCO3)Oc2cc(F)ccc21. The van der Waals surface area contributed by atoms with Crippen LogP contribution in [-0.4, -0.2) is 6.61 Å². The Morgan fingerprint density at radius 2 is 2.00 bits per heavy atom. The molecule has 0 aliphatic carbocycles. The van der Waals surface area contributed by atoms with Gasteiger partial charge in [0.1, 0.15) is 23.4 Å². The molecule has 0 amide bonds. The van der Waals surface area contributed by atoms with Gasteiger partial charge in [-0.25, -0.2) is 4.39 Å². The van der Waals surface area contributed by atoms with Gasteiger partial charge in [-0.1, -0.05) is 12.1 Å². The minimum absolute atomic E-state index is 0.135. The number of nitrogens with two attached hydrogens (primary N) is 1. The zero-order valence-electron chi connectivity index (χ0n) is 11.5. The van der Waals surface area contributed by atoms with E-state index >= 15 is 0 Å². The zero-order chi connectivity index (χ0) is 14.4. The van der Waals surface area contributed by atoms with Crippen molar-refractivity contribution in [3.05, 3.63) is 58.9 Å². The largest absolute Gasteiger partial charge is 0.493 e. The van der Waals surface area contributed by atoms with E-state index in [1.165, 1.54) is 17.7 Å². The van der Waals surface area contributed by atoms with E-state index in [0.29, 0.717) is 12.2 Å². The lowest BCUT2D eigenvalue weighted by Crippen LogP contribution is -2.24. The van der Waals surface area contributed by atoms with Crippen molar-refractivity contribution in [3.63, 3.8) is 0 Å². The molecule has 2 atom stereocenters. The van der Waals surface area contributed by atoms with Crippen LogP contribution in [0, 0.1) is 5.82 Å². The fourth-order valence-electron chi connectivity index (χ4n) is 3.09. The van der Waals surface area contributed by atoms with Crippen LogP contribution in [0.15, 0.2) is 36.4 Å². The van der Waals surface area contributed by atoms with Crippen molar-refractivity contribution in [2.75, 3.05) is 6.61 Å². The van der Waals surface area contributed by atoms with Gasteiger partial charge in [0.25, 0.3) is 0 Å². The summed E-state index contributed by atoms with van der Waals surface area (Å²) in [7, 11) is 0. The molecule has 2 aliphatic rings. The van der Waals surface area contributed by atoms with Crippen LogP contribution in [-0.2, 0) is 6.42 Å². The van der Waals surface area contributed by atoms with Crippen molar-refractivity contribution in [3.8, 4) is 11.5 Å². The Kier molecular flexibility index (Phi) is 2.86. The van der Waals surface area contributed by atoms with E-state index in [2.05, 4.69) is 6.07 Å². The first-order valence-electron chi connectivity index (χ1n) is 7.18. The maximum absolute atomic E-state index is 13.4. The van der Waals surface area contributed by atoms with Crippen molar-refractivity contribution >= 4 is 0 Å². The van der Waals surface area contributed by atoms with E-state index in [-0.39, 0.29) is 18.0 Å². The van der Waals surface area contributed by atoms with Crippen molar-refractivity contribution in [1.82, 2.24) is 0 Å². The van der Waals surface area contributed by atoms with Gasteiger partial charge in [-0.2, -0.15) is 0 Å². The molecule has 0 saturated heterocycles. The highest BCUT2D eigenvalue weighted by molar-refractivity contribution is 5.43. The van der Waals surface area contributed by atoms with E-state index in [1.807, 2.05) is 12.1 Å². The molecule has 4 heteroatoms. The molecule has 0 saturated carbocycles. The van der Waals surface area contributed by atoms with Gasteiger partial charge in [0.15, 0.2) is 0 Å². The number of ether oxygens (including phenoxy) is 2. The lowest BCUT2D eigenvalue weighted by atomic mass is 9.92. The summed E-state index contributed by atoms with van der Waals surface area (Å²) in [6, 6.07) is 10.5. The van der Waals surface area contributed by atoms with Gasteiger partial charge in [0.2, 0.25) is 0 Å². The lowest BCUT2D eigenvalue weighted by molar-refractivity contribution is 0.160. The second-order valence-corrected chi connectivity index (χ2v) is 5.60. The molecule has 108 valence electrons. The maximum atomic E-state index is 13.4. The molecule has 21 heavy (non-hydrogen) atoms. The van der Waals surface area contributed by atoms with Gasteiger partial charge in [-0.05, 0) is 29.3 Å². The average Bonchev–Trinajstić information content (AvgIpc) is 2.94. The Labute approximate surface area is 122 Å². The van der Waals surface area contributed by atoms with Crippen molar-refractivity contribution in [2.24, 2.45) is 5.73 Å². The van der Waals surface area contributed by atoms with E-state index in [1.54, 1.807) is 6.07 Å².